The number of ether oxygens (including phenoxy) is 1. The monoisotopic (exact) mass is 548 g/mol. The van der Waals surface area contributed by atoms with E-state index < -0.39 is 5.91 Å². The number of benzene rings is 3. The lowest BCUT2D eigenvalue weighted by Crippen LogP contribution is -2.11. The van der Waals surface area contributed by atoms with Crippen LogP contribution in [0.1, 0.15) is 23.8 Å². The van der Waals surface area contributed by atoms with Crippen molar-refractivity contribution in [2.24, 2.45) is 0 Å². The van der Waals surface area contributed by atoms with Crippen LogP contribution < -0.4 is 10.1 Å². The van der Waals surface area contributed by atoms with Gasteiger partial charge < -0.3 is 9.26 Å². The molecule has 1 N–H and O–H groups in total. The van der Waals surface area contributed by atoms with Crippen molar-refractivity contribution in [1.29, 1.82) is 0 Å². The number of hydrogen-bond donors (Lipinski definition) is 1. The molecule has 10 heteroatoms. The molecule has 0 saturated heterocycles. The molecule has 6 aromatic rings. The van der Waals surface area contributed by atoms with Gasteiger partial charge in [-0.15, -0.1) is 10.2 Å². The van der Waals surface area contributed by atoms with Gasteiger partial charge in [0.15, 0.2) is 16.5 Å². The quantitative estimate of drug-likeness (QED) is 0.213. The molecule has 0 atom stereocenters. The SMILES string of the molecule is CCCOc1cccc(-c2nn(-c3ccccc3)cc2-c2nnc(NC(=O)c3cc(-c4ccccc4)on3)s2)c1. The minimum Gasteiger partial charge on any atom is -0.494 e. The molecule has 40 heavy (non-hydrogen) atoms. The van der Waals surface area contributed by atoms with Crippen LogP contribution in [-0.4, -0.2) is 37.6 Å². The second-order valence-corrected chi connectivity index (χ2v) is 9.83. The number of anilines is 1. The van der Waals surface area contributed by atoms with Crippen molar-refractivity contribution in [3.63, 3.8) is 0 Å². The lowest BCUT2D eigenvalue weighted by atomic mass is 10.1. The molecule has 0 saturated carbocycles. The zero-order valence-electron chi connectivity index (χ0n) is 21.5. The Morgan fingerprint density at radius 1 is 0.950 bits per heavy atom. The Bertz CT molecular complexity index is 1740. The van der Waals surface area contributed by atoms with Crippen LogP contribution in [0.5, 0.6) is 5.75 Å². The van der Waals surface area contributed by atoms with Crippen molar-refractivity contribution in [2.45, 2.75) is 13.3 Å². The molecule has 0 fully saturated rings. The summed E-state index contributed by atoms with van der Waals surface area (Å²) in [6, 6.07) is 28.7. The standard InChI is InChI=1S/C30H24N6O3S/c1-2-16-38-23-15-9-12-21(17-23)27-24(19-36(34-27)22-13-7-4-8-14-22)29-32-33-30(40-29)31-28(37)25-18-26(39-35-25)20-10-5-3-6-11-20/h3-15,17-19H,2,16H2,1H3,(H,31,33,37). The minimum absolute atomic E-state index is 0.150. The normalized spacial score (nSPS) is 10.9. The Morgan fingerprint density at radius 3 is 2.52 bits per heavy atom. The van der Waals surface area contributed by atoms with Crippen LogP contribution in [0.4, 0.5) is 5.13 Å². The van der Waals surface area contributed by atoms with Crippen LogP contribution in [0, 0.1) is 0 Å². The highest BCUT2D eigenvalue weighted by molar-refractivity contribution is 7.18. The summed E-state index contributed by atoms with van der Waals surface area (Å²) in [7, 11) is 0. The van der Waals surface area contributed by atoms with Crippen molar-refractivity contribution in [3.8, 4) is 44.6 Å². The number of rotatable bonds is 9. The summed E-state index contributed by atoms with van der Waals surface area (Å²) >= 11 is 1.25. The lowest BCUT2D eigenvalue weighted by molar-refractivity contribution is 0.101. The summed E-state index contributed by atoms with van der Waals surface area (Å²) in [4.78, 5) is 12.9. The van der Waals surface area contributed by atoms with Gasteiger partial charge >= 0.3 is 0 Å². The average molecular weight is 549 g/mol. The fraction of sp³-hybridized carbons (Fsp3) is 0.100. The highest BCUT2D eigenvalue weighted by atomic mass is 32.1. The highest BCUT2D eigenvalue weighted by Gasteiger charge is 2.20. The van der Waals surface area contributed by atoms with Gasteiger partial charge in [0.05, 0.1) is 17.9 Å². The Hall–Kier alpha value is -5.09. The van der Waals surface area contributed by atoms with Crippen molar-refractivity contribution < 1.29 is 14.1 Å². The van der Waals surface area contributed by atoms with Gasteiger partial charge in [0.1, 0.15) is 11.4 Å². The molecule has 3 heterocycles. The van der Waals surface area contributed by atoms with Gasteiger partial charge in [-0.25, -0.2) is 4.68 Å². The minimum atomic E-state index is -0.436. The molecule has 0 aliphatic carbocycles. The molecule has 3 aromatic heterocycles. The first-order valence-electron chi connectivity index (χ1n) is 12.7. The molecule has 0 aliphatic heterocycles. The van der Waals surface area contributed by atoms with E-state index >= 15 is 0 Å². The molecule has 0 unspecified atom stereocenters. The maximum absolute atomic E-state index is 12.9. The van der Waals surface area contributed by atoms with Crippen molar-refractivity contribution in [3.05, 3.63) is 103 Å². The van der Waals surface area contributed by atoms with Gasteiger partial charge in [-0.05, 0) is 30.7 Å². The first kappa shape index (κ1) is 25.2. The van der Waals surface area contributed by atoms with E-state index in [1.165, 1.54) is 11.3 Å². The van der Waals surface area contributed by atoms with E-state index in [0.717, 1.165) is 40.2 Å². The maximum atomic E-state index is 12.9. The van der Waals surface area contributed by atoms with E-state index in [1.54, 1.807) is 6.07 Å². The Morgan fingerprint density at radius 2 is 1.73 bits per heavy atom. The molecule has 0 radical (unpaired) electrons. The second-order valence-electron chi connectivity index (χ2n) is 8.86. The molecule has 0 aliphatic rings. The first-order chi connectivity index (χ1) is 19.7. The molecule has 198 valence electrons. The van der Waals surface area contributed by atoms with Gasteiger partial charge in [0.25, 0.3) is 5.91 Å². The fourth-order valence-corrected chi connectivity index (χ4v) is 4.82. The van der Waals surface area contributed by atoms with Gasteiger partial charge in [0.2, 0.25) is 5.13 Å². The summed E-state index contributed by atoms with van der Waals surface area (Å²) in [5, 5.41) is 21.1. The summed E-state index contributed by atoms with van der Waals surface area (Å²) in [6.45, 7) is 2.70. The van der Waals surface area contributed by atoms with Crippen LogP contribution in [0.2, 0.25) is 0 Å². The number of aromatic nitrogens is 5. The van der Waals surface area contributed by atoms with Crippen LogP contribution in [-0.2, 0) is 0 Å². The van der Waals surface area contributed by atoms with E-state index in [2.05, 4.69) is 27.6 Å². The number of amides is 1. The highest BCUT2D eigenvalue weighted by Crippen LogP contribution is 2.36. The van der Waals surface area contributed by atoms with Crippen molar-refractivity contribution >= 4 is 22.4 Å². The third kappa shape index (κ3) is 5.38. The largest absolute Gasteiger partial charge is 0.494 e. The first-order valence-corrected chi connectivity index (χ1v) is 13.6. The van der Waals surface area contributed by atoms with Crippen molar-refractivity contribution in [2.75, 3.05) is 11.9 Å². The third-order valence-electron chi connectivity index (χ3n) is 5.99. The van der Waals surface area contributed by atoms with Gasteiger partial charge in [0, 0.05) is 23.4 Å². The zero-order valence-corrected chi connectivity index (χ0v) is 22.3. The van der Waals surface area contributed by atoms with Crippen LogP contribution in [0.25, 0.3) is 38.8 Å². The Balaban J connectivity index is 1.29. The number of nitrogens with zero attached hydrogens (tertiary/aromatic N) is 5. The molecule has 0 spiro atoms. The molecule has 9 nitrogen and oxygen atoms in total. The van der Waals surface area contributed by atoms with E-state index in [1.807, 2.05) is 95.8 Å². The smallest absolute Gasteiger partial charge is 0.279 e. The Labute approximate surface area is 234 Å². The molecule has 6 rings (SSSR count). The van der Waals surface area contributed by atoms with Crippen molar-refractivity contribution in [1.82, 2.24) is 25.1 Å². The number of para-hydroxylation sites is 1. The van der Waals surface area contributed by atoms with Crippen LogP contribution in [0.3, 0.4) is 0 Å². The zero-order chi connectivity index (χ0) is 27.3. The van der Waals surface area contributed by atoms with E-state index in [0.29, 0.717) is 22.5 Å². The lowest BCUT2D eigenvalue weighted by Gasteiger charge is -2.06. The number of carbonyl (C=O) groups is 1. The number of hydrogen-bond acceptors (Lipinski definition) is 8. The predicted molar refractivity (Wildman–Crippen MR) is 154 cm³/mol. The second kappa shape index (κ2) is 11.3. The fourth-order valence-electron chi connectivity index (χ4n) is 4.07. The average Bonchev–Trinajstić information content (AvgIpc) is 3.77. The predicted octanol–water partition coefficient (Wildman–Crippen LogP) is 6.75. The van der Waals surface area contributed by atoms with Crippen LogP contribution in [0.15, 0.2) is 102 Å². The molecular formula is C30H24N6O3S. The molecule has 3 aromatic carbocycles. The summed E-state index contributed by atoms with van der Waals surface area (Å²) < 4.78 is 13.0. The molecular weight excluding hydrogens is 524 g/mol. The molecule has 1 amide bonds. The Kier molecular flexibility index (Phi) is 7.14. The van der Waals surface area contributed by atoms with Gasteiger partial charge in [-0.2, -0.15) is 5.10 Å². The summed E-state index contributed by atoms with van der Waals surface area (Å²) in [5.41, 5.74) is 4.28. The van der Waals surface area contributed by atoms with Gasteiger partial charge in [-0.3, -0.25) is 10.1 Å². The topological polar surface area (TPSA) is 108 Å². The van der Waals surface area contributed by atoms with Crippen LogP contribution >= 0.6 is 11.3 Å². The van der Waals surface area contributed by atoms with Gasteiger partial charge in [-0.1, -0.05) is 84.1 Å². The van der Waals surface area contributed by atoms with E-state index in [4.69, 9.17) is 14.4 Å². The summed E-state index contributed by atoms with van der Waals surface area (Å²) in [6.07, 6.45) is 2.83. The number of carbonyl (C=O) groups excluding carboxylic acids is 1. The number of nitrogens with one attached hydrogen (secondary N) is 1. The third-order valence-corrected chi connectivity index (χ3v) is 6.86. The summed E-state index contributed by atoms with van der Waals surface area (Å²) in [5.74, 6) is 0.841. The van der Waals surface area contributed by atoms with E-state index in [-0.39, 0.29) is 5.69 Å². The van der Waals surface area contributed by atoms with E-state index in [9.17, 15) is 4.79 Å². The maximum Gasteiger partial charge on any atom is 0.279 e. The molecule has 0 bridgehead atoms.